The van der Waals surface area contributed by atoms with Gasteiger partial charge < -0.3 is 5.73 Å². The lowest BCUT2D eigenvalue weighted by Crippen LogP contribution is -2.14. The molecule has 3 nitrogen and oxygen atoms in total. The summed E-state index contributed by atoms with van der Waals surface area (Å²) in [6.45, 7) is 0. The van der Waals surface area contributed by atoms with Crippen LogP contribution < -0.4 is 5.73 Å². The Morgan fingerprint density at radius 2 is 1.93 bits per heavy atom. The molecule has 0 aliphatic rings. The van der Waals surface area contributed by atoms with Gasteiger partial charge in [-0.05, 0) is 18.2 Å². The molecule has 0 unspecified atom stereocenters. The summed E-state index contributed by atoms with van der Waals surface area (Å²) >= 11 is 0. The molecule has 0 fully saturated rings. The van der Waals surface area contributed by atoms with Crippen LogP contribution in [0.25, 0.3) is 0 Å². The molecule has 0 saturated heterocycles. The Labute approximate surface area is 84.6 Å². The zero-order valence-electron chi connectivity index (χ0n) is 7.45. The first-order chi connectivity index (χ1) is 6.83. The highest BCUT2D eigenvalue weighted by molar-refractivity contribution is 7.91. The van der Waals surface area contributed by atoms with E-state index >= 15 is 0 Å². The minimum atomic E-state index is -4.14. The molecule has 0 atom stereocenters. The number of hydrogen-bond donors (Lipinski definition) is 1. The smallest absolute Gasteiger partial charge is 0.252 e. The molecular formula is C8H8F3NO2S. The largest absolute Gasteiger partial charge is 0.396 e. The summed E-state index contributed by atoms with van der Waals surface area (Å²) in [5.41, 5.74) is 4.88. The predicted octanol–water partition coefficient (Wildman–Crippen LogP) is 1.45. The van der Waals surface area contributed by atoms with Gasteiger partial charge in [0.15, 0.2) is 9.84 Å². The second kappa shape index (κ2) is 4.09. The van der Waals surface area contributed by atoms with Crippen LogP contribution in [0.3, 0.4) is 0 Å². The third kappa shape index (κ3) is 2.85. The topological polar surface area (TPSA) is 60.2 Å². The van der Waals surface area contributed by atoms with Crippen molar-refractivity contribution in [2.45, 2.75) is 11.3 Å². The van der Waals surface area contributed by atoms with E-state index in [-0.39, 0.29) is 5.69 Å². The Morgan fingerprint density at radius 1 is 1.33 bits per heavy atom. The van der Waals surface area contributed by atoms with Gasteiger partial charge in [-0.2, -0.15) is 0 Å². The Balaban J connectivity index is 3.11. The molecule has 0 aromatic heterocycles. The fourth-order valence-electron chi connectivity index (χ4n) is 0.963. The van der Waals surface area contributed by atoms with Gasteiger partial charge in [-0.15, -0.1) is 0 Å². The normalized spacial score (nSPS) is 12.0. The number of anilines is 1. The molecule has 84 valence electrons. The third-order valence-corrected chi connectivity index (χ3v) is 3.34. The van der Waals surface area contributed by atoms with Gasteiger partial charge in [-0.3, -0.25) is 0 Å². The van der Waals surface area contributed by atoms with E-state index in [2.05, 4.69) is 0 Å². The van der Waals surface area contributed by atoms with Crippen LogP contribution in [0.4, 0.5) is 18.9 Å². The lowest BCUT2D eigenvalue weighted by Gasteiger charge is -2.04. The second-order valence-electron chi connectivity index (χ2n) is 2.86. The predicted molar refractivity (Wildman–Crippen MR) is 48.9 cm³/mol. The first kappa shape index (κ1) is 11.8. The van der Waals surface area contributed by atoms with Crippen LogP contribution >= 0.6 is 0 Å². The van der Waals surface area contributed by atoms with E-state index in [1.54, 1.807) is 0 Å². The van der Waals surface area contributed by atoms with Gasteiger partial charge in [-0.1, -0.05) is 0 Å². The summed E-state index contributed by atoms with van der Waals surface area (Å²) in [7, 11) is -4.14. The zero-order chi connectivity index (χ0) is 11.6. The van der Waals surface area contributed by atoms with Crippen LogP contribution in [0.1, 0.15) is 0 Å². The van der Waals surface area contributed by atoms with Crippen molar-refractivity contribution >= 4 is 15.5 Å². The molecule has 0 heterocycles. The highest BCUT2D eigenvalue weighted by Gasteiger charge is 2.21. The van der Waals surface area contributed by atoms with Gasteiger partial charge in [0.25, 0.3) is 6.43 Å². The van der Waals surface area contributed by atoms with Crippen LogP contribution in [0, 0.1) is 5.82 Å². The number of alkyl halides is 2. The van der Waals surface area contributed by atoms with E-state index in [1.807, 2.05) is 0 Å². The minimum Gasteiger partial charge on any atom is -0.396 e. The Hall–Kier alpha value is -1.24. The maximum absolute atomic E-state index is 12.9. The van der Waals surface area contributed by atoms with Crippen LogP contribution in [-0.2, 0) is 9.84 Å². The molecule has 1 aromatic rings. The average Bonchev–Trinajstić information content (AvgIpc) is 2.07. The monoisotopic (exact) mass is 239 g/mol. The molecule has 0 saturated carbocycles. The average molecular weight is 239 g/mol. The van der Waals surface area contributed by atoms with Crippen molar-refractivity contribution in [1.82, 2.24) is 0 Å². The van der Waals surface area contributed by atoms with Crippen LogP contribution in [0.15, 0.2) is 23.1 Å². The maximum atomic E-state index is 12.9. The molecular weight excluding hydrogens is 231 g/mol. The van der Waals surface area contributed by atoms with Crippen molar-refractivity contribution in [1.29, 1.82) is 0 Å². The molecule has 0 spiro atoms. The standard InChI is InChI=1S/C8H8F3NO2S/c9-6-3-5(1-2-7(6)12)15(13,14)4-8(10)11/h1-3,8H,4,12H2. The number of rotatable bonds is 3. The highest BCUT2D eigenvalue weighted by atomic mass is 32.2. The first-order valence-electron chi connectivity index (χ1n) is 3.89. The summed E-state index contributed by atoms with van der Waals surface area (Å²) < 4.78 is 59.1. The van der Waals surface area contributed by atoms with Crippen molar-refractivity contribution < 1.29 is 21.6 Å². The van der Waals surface area contributed by atoms with Gasteiger partial charge in [0.2, 0.25) is 0 Å². The highest BCUT2D eigenvalue weighted by Crippen LogP contribution is 2.18. The second-order valence-corrected chi connectivity index (χ2v) is 4.89. The molecule has 1 rings (SSSR count). The summed E-state index contributed by atoms with van der Waals surface area (Å²) in [6, 6.07) is 2.65. The lowest BCUT2D eigenvalue weighted by molar-refractivity contribution is 0.174. The van der Waals surface area contributed by atoms with Crippen molar-refractivity contribution in [2.75, 3.05) is 11.5 Å². The van der Waals surface area contributed by atoms with Crippen LogP contribution in [0.2, 0.25) is 0 Å². The summed E-state index contributed by atoms with van der Waals surface area (Å²) in [5, 5.41) is 0. The van der Waals surface area contributed by atoms with Gasteiger partial charge >= 0.3 is 0 Å². The maximum Gasteiger partial charge on any atom is 0.252 e. The fraction of sp³-hybridized carbons (Fsp3) is 0.250. The van der Waals surface area contributed by atoms with E-state index in [0.717, 1.165) is 12.1 Å². The summed E-state index contributed by atoms with van der Waals surface area (Å²) in [6.07, 6.45) is -2.99. The Morgan fingerprint density at radius 3 is 2.40 bits per heavy atom. The number of nitrogen functional groups attached to an aromatic ring is 1. The van der Waals surface area contributed by atoms with Gasteiger partial charge in [-0.25, -0.2) is 21.6 Å². The van der Waals surface area contributed by atoms with Crippen molar-refractivity contribution in [3.05, 3.63) is 24.0 Å². The van der Waals surface area contributed by atoms with Crippen molar-refractivity contribution in [3.63, 3.8) is 0 Å². The molecule has 0 bridgehead atoms. The Kier molecular flexibility index (Phi) is 3.23. The van der Waals surface area contributed by atoms with Crippen LogP contribution in [-0.4, -0.2) is 20.6 Å². The van der Waals surface area contributed by atoms with Crippen molar-refractivity contribution in [2.24, 2.45) is 0 Å². The van der Waals surface area contributed by atoms with E-state index in [4.69, 9.17) is 5.73 Å². The van der Waals surface area contributed by atoms with Gasteiger partial charge in [0.1, 0.15) is 11.6 Å². The molecule has 0 radical (unpaired) electrons. The number of benzene rings is 1. The van der Waals surface area contributed by atoms with Gasteiger partial charge in [0.05, 0.1) is 10.6 Å². The number of nitrogens with two attached hydrogens (primary N) is 1. The molecule has 0 amide bonds. The number of halogens is 3. The molecule has 15 heavy (non-hydrogen) atoms. The SMILES string of the molecule is Nc1ccc(S(=O)(=O)CC(F)F)cc1F. The molecule has 0 aliphatic carbocycles. The summed E-state index contributed by atoms with van der Waals surface area (Å²) in [5.74, 6) is -2.26. The van der Waals surface area contributed by atoms with Crippen molar-refractivity contribution in [3.8, 4) is 0 Å². The minimum absolute atomic E-state index is 0.231. The zero-order valence-corrected chi connectivity index (χ0v) is 8.27. The molecule has 2 N–H and O–H groups in total. The molecule has 0 aliphatic heterocycles. The third-order valence-electron chi connectivity index (χ3n) is 1.68. The fourth-order valence-corrected chi connectivity index (χ4v) is 2.05. The van der Waals surface area contributed by atoms with E-state index in [1.165, 1.54) is 0 Å². The number of sulfone groups is 1. The van der Waals surface area contributed by atoms with E-state index < -0.39 is 32.7 Å². The molecule has 1 aromatic carbocycles. The van der Waals surface area contributed by atoms with Gasteiger partial charge in [0, 0.05) is 0 Å². The van der Waals surface area contributed by atoms with E-state index in [0.29, 0.717) is 6.07 Å². The molecule has 7 heteroatoms. The lowest BCUT2D eigenvalue weighted by atomic mass is 10.3. The number of hydrogen-bond acceptors (Lipinski definition) is 3. The first-order valence-corrected chi connectivity index (χ1v) is 5.54. The summed E-state index contributed by atoms with van der Waals surface area (Å²) in [4.78, 5) is -0.491. The van der Waals surface area contributed by atoms with E-state index in [9.17, 15) is 21.6 Å². The van der Waals surface area contributed by atoms with Crippen LogP contribution in [0.5, 0.6) is 0 Å². The Bertz CT molecular complexity index is 459. The quantitative estimate of drug-likeness (QED) is 0.812.